The van der Waals surface area contributed by atoms with Crippen molar-refractivity contribution in [2.45, 2.75) is 51.5 Å². The van der Waals surface area contributed by atoms with Crippen LogP contribution in [0.3, 0.4) is 0 Å². The molecule has 2 aromatic carbocycles. The molecule has 0 spiro atoms. The SMILES string of the molecule is Cc1ccc(C[C@@H]2CN(CCN3CCC(CO)CC3)CCN2C(=O)c2cc(C(F)(F)F)cc(C(F)(F)F)c2)cc1C.Cl.Cl. The summed E-state index contributed by atoms with van der Waals surface area (Å²) in [4.78, 5) is 19.6. The summed E-state index contributed by atoms with van der Waals surface area (Å²) in [7, 11) is 0. The van der Waals surface area contributed by atoms with Crippen molar-refractivity contribution >= 4 is 30.7 Å². The van der Waals surface area contributed by atoms with E-state index >= 15 is 0 Å². The smallest absolute Gasteiger partial charge is 0.396 e. The highest BCUT2D eigenvalue weighted by Crippen LogP contribution is 2.37. The zero-order chi connectivity index (χ0) is 29.9. The van der Waals surface area contributed by atoms with Gasteiger partial charge in [-0.1, -0.05) is 18.2 Å². The molecule has 242 valence electrons. The van der Waals surface area contributed by atoms with Gasteiger partial charge in [-0.25, -0.2) is 0 Å². The number of nitrogens with zero attached hydrogens (tertiary/aromatic N) is 3. The summed E-state index contributed by atoms with van der Waals surface area (Å²) >= 11 is 0. The average Bonchev–Trinajstić information content (AvgIpc) is 2.92. The van der Waals surface area contributed by atoms with E-state index in [9.17, 15) is 36.2 Å². The average molecular weight is 659 g/mol. The molecule has 0 unspecified atom stereocenters. The standard InChI is InChI=1S/C30H37F6N3O2.2ClH/c1-20-3-4-23(13-21(20)2)14-27-18-38(10-9-37-7-5-22(19-40)6-8-37)11-12-39(27)28(41)24-15-25(29(31,32)33)17-26(16-24)30(34,35)36;;/h3-4,13,15-17,22,27,40H,5-12,14,18-19H2,1-2H3;2*1H/t27-;;/m1../s1. The van der Waals surface area contributed by atoms with E-state index in [1.807, 2.05) is 32.0 Å². The van der Waals surface area contributed by atoms with E-state index in [-0.39, 0.29) is 44.0 Å². The third-order valence-electron chi connectivity index (χ3n) is 8.40. The van der Waals surface area contributed by atoms with Crippen LogP contribution in [0.1, 0.15) is 51.0 Å². The summed E-state index contributed by atoms with van der Waals surface area (Å²) in [6.07, 6.45) is -7.76. The van der Waals surface area contributed by atoms with E-state index in [0.717, 1.165) is 55.7 Å². The molecule has 2 aromatic rings. The molecule has 43 heavy (non-hydrogen) atoms. The number of aliphatic hydroxyl groups is 1. The maximum Gasteiger partial charge on any atom is 0.416 e. The number of aryl methyl sites for hydroxylation is 2. The highest BCUT2D eigenvalue weighted by atomic mass is 35.5. The Morgan fingerprint density at radius 1 is 0.814 bits per heavy atom. The number of amides is 1. The maximum atomic E-state index is 13.6. The Balaban J connectivity index is 0.00000323. The van der Waals surface area contributed by atoms with Crippen LogP contribution in [0.2, 0.25) is 0 Å². The normalized spacial score (nSPS) is 19.1. The van der Waals surface area contributed by atoms with Gasteiger partial charge in [-0.2, -0.15) is 26.3 Å². The van der Waals surface area contributed by atoms with Gasteiger partial charge in [0, 0.05) is 50.9 Å². The van der Waals surface area contributed by atoms with Gasteiger partial charge in [0.05, 0.1) is 11.1 Å². The topological polar surface area (TPSA) is 47.0 Å². The van der Waals surface area contributed by atoms with Crippen LogP contribution >= 0.6 is 24.8 Å². The first-order chi connectivity index (χ1) is 19.2. The van der Waals surface area contributed by atoms with Crippen LogP contribution in [-0.2, 0) is 18.8 Å². The zero-order valence-electron chi connectivity index (χ0n) is 24.2. The van der Waals surface area contributed by atoms with Gasteiger partial charge >= 0.3 is 12.4 Å². The monoisotopic (exact) mass is 657 g/mol. The summed E-state index contributed by atoms with van der Waals surface area (Å²) in [6, 6.07) is 6.58. The van der Waals surface area contributed by atoms with Crippen LogP contribution in [0.25, 0.3) is 0 Å². The summed E-state index contributed by atoms with van der Waals surface area (Å²) in [5.74, 6) is -0.502. The Morgan fingerprint density at radius 2 is 1.40 bits per heavy atom. The third kappa shape index (κ3) is 9.72. The van der Waals surface area contributed by atoms with Crippen molar-refractivity contribution < 1.29 is 36.2 Å². The van der Waals surface area contributed by atoms with Gasteiger partial charge in [0.15, 0.2) is 0 Å². The molecular weight excluding hydrogens is 619 g/mol. The molecule has 5 nitrogen and oxygen atoms in total. The fourth-order valence-corrected chi connectivity index (χ4v) is 5.69. The minimum absolute atomic E-state index is 0. The van der Waals surface area contributed by atoms with Crippen LogP contribution in [-0.4, -0.2) is 84.2 Å². The highest BCUT2D eigenvalue weighted by molar-refractivity contribution is 5.95. The Morgan fingerprint density at radius 3 is 1.93 bits per heavy atom. The number of piperidine rings is 1. The molecule has 2 aliphatic rings. The number of alkyl halides is 6. The fraction of sp³-hybridized carbons (Fsp3) is 0.567. The molecule has 4 rings (SSSR count). The van der Waals surface area contributed by atoms with Gasteiger partial charge in [0.2, 0.25) is 0 Å². The minimum Gasteiger partial charge on any atom is -0.396 e. The van der Waals surface area contributed by atoms with Gasteiger partial charge in [-0.05, 0) is 87.0 Å². The summed E-state index contributed by atoms with van der Waals surface area (Å²) in [5.41, 5.74) is -0.496. The number of piperazine rings is 1. The van der Waals surface area contributed by atoms with E-state index < -0.39 is 41.0 Å². The number of hydrogen-bond donors (Lipinski definition) is 1. The lowest BCUT2D eigenvalue weighted by Gasteiger charge is -2.42. The van der Waals surface area contributed by atoms with Gasteiger partial charge in [0.25, 0.3) is 5.91 Å². The molecule has 1 amide bonds. The molecule has 2 saturated heterocycles. The maximum absolute atomic E-state index is 13.6. The summed E-state index contributed by atoms with van der Waals surface area (Å²) in [5, 5.41) is 9.39. The van der Waals surface area contributed by atoms with Gasteiger partial charge in [0.1, 0.15) is 0 Å². The second-order valence-corrected chi connectivity index (χ2v) is 11.3. The lowest BCUT2D eigenvalue weighted by Crippen LogP contribution is -2.57. The van der Waals surface area contributed by atoms with E-state index in [4.69, 9.17) is 0 Å². The number of halogens is 8. The number of benzene rings is 2. The van der Waals surface area contributed by atoms with Gasteiger partial charge < -0.3 is 14.9 Å². The minimum atomic E-state index is -5.03. The first-order valence-electron chi connectivity index (χ1n) is 14.0. The van der Waals surface area contributed by atoms with Crippen molar-refractivity contribution in [1.29, 1.82) is 0 Å². The predicted molar refractivity (Wildman–Crippen MR) is 158 cm³/mol. The zero-order valence-corrected chi connectivity index (χ0v) is 25.8. The fourth-order valence-electron chi connectivity index (χ4n) is 5.69. The van der Waals surface area contributed by atoms with E-state index in [2.05, 4.69) is 9.80 Å². The molecular formula is C30H39Cl2F6N3O2. The van der Waals surface area contributed by atoms with Gasteiger partial charge in [-0.3, -0.25) is 9.69 Å². The summed E-state index contributed by atoms with van der Waals surface area (Å²) in [6.45, 7) is 8.59. The van der Waals surface area contributed by atoms with Crippen molar-refractivity contribution in [3.63, 3.8) is 0 Å². The Kier molecular flexibility index (Phi) is 13.2. The summed E-state index contributed by atoms with van der Waals surface area (Å²) < 4.78 is 81.0. The second-order valence-electron chi connectivity index (χ2n) is 11.3. The van der Waals surface area contributed by atoms with Crippen LogP contribution in [0.4, 0.5) is 26.3 Å². The molecule has 1 N–H and O–H groups in total. The van der Waals surface area contributed by atoms with Crippen LogP contribution in [0, 0.1) is 19.8 Å². The third-order valence-corrected chi connectivity index (χ3v) is 8.40. The number of carbonyl (C=O) groups excluding carboxylic acids is 1. The number of likely N-dealkylation sites (tertiary alicyclic amines) is 1. The Bertz CT molecular complexity index is 1190. The Labute approximate surface area is 261 Å². The molecule has 0 aliphatic carbocycles. The molecule has 0 bridgehead atoms. The molecule has 1 atom stereocenters. The van der Waals surface area contributed by atoms with E-state index in [1.54, 1.807) is 0 Å². The van der Waals surface area contributed by atoms with Crippen LogP contribution < -0.4 is 0 Å². The van der Waals surface area contributed by atoms with Crippen LogP contribution in [0.5, 0.6) is 0 Å². The molecule has 2 aliphatic heterocycles. The highest BCUT2D eigenvalue weighted by Gasteiger charge is 2.39. The number of hydrogen-bond acceptors (Lipinski definition) is 4. The van der Waals surface area contributed by atoms with Crippen LogP contribution in [0.15, 0.2) is 36.4 Å². The van der Waals surface area contributed by atoms with Crippen molar-refractivity contribution in [1.82, 2.24) is 14.7 Å². The first kappa shape index (κ1) is 37.1. The number of aliphatic hydroxyl groups excluding tert-OH is 1. The molecule has 0 radical (unpaired) electrons. The number of carbonyl (C=O) groups is 1. The Hall–Kier alpha value is -2.05. The van der Waals surface area contributed by atoms with E-state index in [1.165, 1.54) is 4.90 Å². The molecule has 13 heteroatoms. The lowest BCUT2D eigenvalue weighted by atomic mass is 9.97. The predicted octanol–water partition coefficient (Wildman–Crippen LogP) is 6.26. The second kappa shape index (κ2) is 15.3. The molecule has 0 aromatic heterocycles. The molecule has 2 fully saturated rings. The van der Waals surface area contributed by atoms with Crippen molar-refractivity contribution in [2.75, 3.05) is 52.4 Å². The van der Waals surface area contributed by atoms with E-state index in [0.29, 0.717) is 37.6 Å². The molecule has 2 heterocycles. The largest absolute Gasteiger partial charge is 0.416 e. The van der Waals surface area contributed by atoms with Gasteiger partial charge in [-0.15, -0.1) is 24.8 Å². The van der Waals surface area contributed by atoms with Crippen molar-refractivity contribution in [2.24, 2.45) is 5.92 Å². The lowest BCUT2D eigenvalue weighted by molar-refractivity contribution is -0.143. The van der Waals surface area contributed by atoms with Crippen molar-refractivity contribution in [3.05, 3.63) is 69.8 Å². The first-order valence-corrected chi connectivity index (χ1v) is 14.0. The quantitative estimate of drug-likeness (QED) is 0.357. The molecule has 0 saturated carbocycles. The van der Waals surface area contributed by atoms with Crippen molar-refractivity contribution in [3.8, 4) is 0 Å². The number of rotatable bonds is 7.